The maximum absolute atomic E-state index is 5.26. The number of anilines is 1. The van der Waals surface area contributed by atoms with Crippen LogP contribution in [0.3, 0.4) is 0 Å². The molecule has 19 heavy (non-hydrogen) atoms. The van der Waals surface area contributed by atoms with Gasteiger partial charge in [0.2, 0.25) is 5.95 Å². The minimum Gasteiger partial charge on any atom is -0.383 e. The lowest BCUT2D eigenvalue weighted by molar-refractivity contribution is 0.162. The molecule has 1 aromatic heterocycles. The zero-order valence-electron chi connectivity index (χ0n) is 12.8. The van der Waals surface area contributed by atoms with Crippen LogP contribution in [0, 0.1) is 6.92 Å². The molecule has 0 saturated carbocycles. The van der Waals surface area contributed by atoms with Gasteiger partial charge < -0.3 is 19.4 Å². The van der Waals surface area contributed by atoms with E-state index in [0.717, 1.165) is 24.5 Å². The van der Waals surface area contributed by atoms with E-state index in [0.29, 0.717) is 19.3 Å². The van der Waals surface area contributed by atoms with Crippen LogP contribution < -0.4 is 5.32 Å². The number of methoxy groups -OCH3 is 2. The summed E-state index contributed by atoms with van der Waals surface area (Å²) in [6.07, 6.45) is 4.24. The van der Waals surface area contributed by atoms with Gasteiger partial charge in [0.25, 0.3) is 0 Å². The number of aryl methyl sites for hydroxylation is 1. The van der Waals surface area contributed by atoms with Gasteiger partial charge in [-0.1, -0.05) is 13.3 Å². The number of nitrogens with one attached hydrogen (secondary N) is 1. The molecule has 1 heterocycles. The number of nitrogens with zero attached hydrogens (tertiary/aromatic N) is 2. The van der Waals surface area contributed by atoms with E-state index >= 15 is 0 Å². The lowest BCUT2D eigenvalue weighted by Gasteiger charge is -2.21. The van der Waals surface area contributed by atoms with Crippen molar-refractivity contribution in [3.63, 3.8) is 0 Å². The maximum Gasteiger partial charge on any atom is 0.203 e. The minimum absolute atomic E-state index is 0.263. The quantitative estimate of drug-likeness (QED) is 0.748. The molecule has 5 nitrogen and oxygen atoms in total. The number of rotatable bonds is 9. The molecule has 0 aliphatic heterocycles. The van der Waals surface area contributed by atoms with Crippen LogP contribution in [0.4, 0.5) is 5.95 Å². The molecule has 1 N–H and O–H groups in total. The molecule has 2 atom stereocenters. The highest BCUT2D eigenvalue weighted by molar-refractivity contribution is 5.31. The molecule has 1 rings (SSSR count). The van der Waals surface area contributed by atoms with Crippen LogP contribution in [-0.4, -0.2) is 43.0 Å². The fourth-order valence-electron chi connectivity index (χ4n) is 2.21. The molecule has 0 aliphatic carbocycles. The van der Waals surface area contributed by atoms with Crippen LogP contribution >= 0.6 is 0 Å². The topological polar surface area (TPSA) is 48.3 Å². The van der Waals surface area contributed by atoms with Crippen molar-refractivity contribution in [2.75, 3.05) is 32.8 Å². The second-order valence-electron chi connectivity index (χ2n) is 5.00. The van der Waals surface area contributed by atoms with Crippen molar-refractivity contribution in [1.82, 2.24) is 9.55 Å². The first kappa shape index (κ1) is 16.0. The van der Waals surface area contributed by atoms with Crippen LogP contribution in [0.2, 0.25) is 0 Å². The summed E-state index contributed by atoms with van der Waals surface area (Å²) >= 11 is 0. The van der Waals surface area contributed by atoms with Crippen molar-refractivity contribution < 1.29 is 9.47 Å². The Bertz CT molecular complexity index is 360. The fourth-order valence-corrected chi connectivity index (χ4v) is 2.21. The van der Waals surface area contributed by atoms with Crippen molar-refractivity contribution in [3.8, 4) is 0 Å². The van der Waals surface area contributed by atoms with Crippen LogP contribution in [0.15, 0.2) is 6.20 Å². The molecule has 0 bridgehead atoms. The van der Waals surface area contributed by atoms with Crippen molar-refractivity contribution in [1.29, 1.82) is 0 Å². The van der Waals surface area contributed by atoms with E-state index in [4.69, 9.17) is 9.47 Å². The molecule has 0 aromatic carbocycles. The number of hydrogen-bond acceptors (Lipinski definition) is 4. The zero-order chi connectivity index (χ0) is 14.3. The third kappa shape index (κ3) is 4.84. The molecule has 110 valence electrons. The highest BCUT2D eigenvalue weighted by Gasteiger charge is 2.15. The molecule has 0 aliphatic rings. The Kier molecular flexibility index (Phi) is 6.87. The average Bonchev–Trinajstić information content (AvgIpc) is 2.71. The third-order valence-electron chi connectivity index (χ3n) is 3.07. The van der Waals surface area contributed by atoms with E-state index in [1.165, 1.54) is 0 Å². The second kappa shape index (κ2) is 8.17. The highest BCUT2D eigenvalue weighted by Crippen LogP contribution is 2.18. The van der Waals surface area contributed by atoms with Crippen LogP contribution in [-0.2, 0) is 9.47 Å². The summed E-state index contributed by atoms with van der Waals surface area (Å²) in [6, 6.07) is 0.559. The van der Waals surface area contributed by atoms with E-state index in [9.17, 15) is 0 Å². The van der Waals surface area contributed by atoms with Gasteiger partial charge in [-0.3, -0.25) is 0 Å². The molecular formula is C14H27N3O2. The molecule has 2 unspecified atom stereocenters. The van der Waals surface area contributed by atoms with Crippen LogP contribution in [0.1, 0.15) is 38.4 Å². The predicted molar refractivity (Wildman–Crippen MR) is 77.7 cm³/mol. The Balaban J connectivity index is 2.80. The maximum atomic E-state index is 5.26. The summed E-state index contributed by atoms with van der Waals surface area (Å²) < 4.78 is 12.6. The Morgan fingerprint density at radius 1 is 1.32 bits per heavy atom. The van der Waals surface area contributed by atoms with Gasteiger partial charge in [-0.05, 0) is 20.3 Å². The zero-order valence-corrected chi connectivity index (χ0v) is 12.8. The molecule has 0 amide bonds. The van der Waals surface area contributed by atoms with Gasteiger partial charge >= 0.3 is 0 Å². The first-order valence-electron chi connectivity index (χ1n) is 6.92. The van der Waals surface area contributed by atoms with Crippen molar-refractivity contribution >= 4 is 5.95 Å². The highest BCUT2D eigenvalue weighted by atomic mass is 16.5. The van der Waals surface area contributed by atoms with Crippen LogP contribution in [0.5, 0.6) is 0 Å². The molecule has 0 fully saturated rings. The van der Waals surface area contributed by atoms with E-state index in [2.05, 4.69) is 34.9 Å². The van der Waals surface area contributed by atoms with Gasteiger partial charge in [0, 0.05) is 20.4 Å². The molecule has 1 aromatic rings. The Labute approximate surface area is 116 Å². The second-order valence-corrected chi connectivity index (χ2v) is 5.00. The molecule has 5 heteroatoms. The SMILES string of the molecule is CCCC(COC)Nc1nc(C)cn1C(C)COC. The summed E-state index contributed by atoms with van der Waals surface area (Å²) in [7, 11) is 3.45. The van der Waals surface area contributed by atoms with Crippen molar-refractivity contribution in [3.05, 3.63) is 11.9 Å². The van der Waals surface area contributed by atoms with E-state index < -0.39 is 0 Å². The summed E-state index contributed by atoms with van der Waals surface area (Å²) in [5.41, 5.74) is 1.01. The molecule has 0 spiro atoms. The van der Waals surface area contributed by atoms with Gasteiger partial charge in [-0.25, -0.2) is 4.98 Å². The smallest absolute Gasteiger partial charge is 0.203 e. The van der Waals surface area contributed by atoms with Gasteiger partial charge in [0.1, 0.15) is 0 Å². The number of ether oxygens (including phenoxy) is 2. The Hall–Kier alpha value is -1.07. The largest absolute Gasteiger partial charge is 0.383 e. The van der Waals surface area contributed by atoms with E-state index in [1.807, 2.05) is 6.92 Å². The predicted octanol–water partition coefficient (Wildman–Crippen LogP) is 2.63. The standard InChI is InChI=1S/C14H27N3O2/c1-6-7-13(10-19-5)16-14-15-11(2)8-17(14)12(3)9-18-4/h8,12-13H,6-7,9-10H2,1-5H3,(H,15,16). The lowest BCUT2D eigenvalue weighted by atomic mass is 10.2. The molecular weight excluding hydrogens is 242 g/mol. The van der Waals surface area contributed by atoms with Gasteiger partial charge in [-0.2, -0.15) is 0 Å². The van der Waals surface area contributed by atoms with Gasteiger partial charge in [0.05, 0.1) is 31.0 Å². The Morgan fingerprint density at radius 2 is 2.00 bits per heavy atom. The first-order valence-corrected chi connectivity index (χ1v) is 6.92. The average molecular weight is 269 g/mol. The number of hydrogen-bond donors (Lipinski definition) is 1. The monoisotopic (exact) mass is 269 g/mol. The summed E-state index contributed by atoms with van der Waals surface area (Å²) in [6.45, 7) is 7.68. The molecule has 0 saturated heterocycles. The van der Waals surface area contributed by atoms with Gasteiger partial charge in [0.15, 0.2) is 0 Å². The lowest BCUT2D eigenvalue weighted by Crippen LogP contribution is -2.27. The van der Waals surface area contributed by atoms with Crippen molar-refractivity contribution in [2.24, 2.45) is 0 Å². The van der Waals surface area contributed by atoms with Crippen molar-refractivity contribution in [2.45, 2.75) is 45.7 Å². The molecule has 0 radical (unpaired) electrons. The fraction of sp³-hybridized carbons (Fsp3) is 0.786. The summed E-state index contributed by atoms with van der Waals surface area (Å²) in [4.78, 5) is 4.56. The summed E-state index contributed by atoms with van der Waals surface area (Å²) in [5.74, 6) is 0.901. The Morgan fingerprint density at radius 3 is 2.58 bits per heavy atom. The normalized spacial score (nSPS) is 14.4. The number of imidazole rings is 1. The number of aromatic nitrogens is 2. The van der Waals surface area contributed by atoms with Crippen LogP contribution in [0.25, 0.3) is 0 Å². The van der Waals surface area contributed by atoms with E-state index in [-0.39, 0.29) is 6.04 Å². The first-order chi connectivity index (χ1) is 9.12. The van der Waals surface area contributed by atoms with Gasteiger partial charge in [-0.15, -0.1) is 0 Å². The summed E-state index contributed by atoms with van der Waals surface area (Å²) in [5, 5.41) is 3.48. The third-order valence-corrected chi connectivity index (χ3v) is 3.07. The minimum atomic E-state index is 0.263. The van der Waals surface area contributed by atoms with E-state index in [1.54, 1.807) is 14.2 Å².